The van der Waals surface area contributed by atoms with Crippen molar-refractivity contribution in [3.8, 4) is 17.1 Å². The van der Waals surface area contributed by atoms with Gasteiger partial charge in [0.15, 0.2) is 5.75 Å². The zero-order valence-electron chi connectivity index (χ0n) is 10.6. The number of aromatic nitrogens is 2. The number of hydrogen-bond donors (Lipinski definition) is 2. The summed E-state index contributed by atoms with van der Waals surface area (Å²) in [7, 11) is 0. The first kappa shape index (κ1) is 12.8. The van der Waals surface area contributed by atoms with Crippen molar-refractivity contribution in [1.82, 2.24) is 9.97 Å². The Labute approximate surface area is 117 Å². The van der Waals surface area contributed by atoms with Gasteiger partial charge >= 0.3 is 5.69 Å². The maximum Gasteiger partial charge on any atom is 0.311 e. The molecular formula is C14H9N3O4. The summed E-state index contributed by atoms with van der Waals surface area (Å²) >= 11 is 0. The molecule has 0 bridgehead atoms. The standard InChI is InChI=1S/C14H9N3O4/c18-12-6-5-8(7-11(12)17(20)21)13-15-10-4-2-1-3-9(10)14(19)16-13/h1-7,18H,(H,15,16,19). The maximum absolute atomic E-state index is 12.0. The van der Waals surface area contributed by atoms with Gasteiger partial charge in [-0.1, -0.05) is 12.1 Å². The van der Waals surface area contributed by atoms with Crippen LogP contribution in [-0.2, 0) is 0 Å². The zero-order chi connectivity index (χ0) is 15.0. The molecule has 0 radical (unpaired) electrons. The molecule has 2 N–H and O–H groups in total. The highest BCUT2D eigenvalue weighted by Crippen LogP contribution is 2.29. The van der Waals surface area contributed by atoms with E-state index >= 15 is 0 Å². The molecule has 0 fully saturated rings. The van der Waals surface area contributed by atoms with Gasteiger partial charge in [0.25, 0.3) is 5.56 Å². The number of nitro groups is 1. The number of phenols is 1. The first-order valence-corrected chi connectivity index (χ1v) is 6.03. The normalized spacial score (nSPS) is 10.7. The Hall–Kier alpha value is -3.22. The van der Waals surface area contributed by atoms with Gasteiger partial charge in [0.1, 0.15) is 5.82 Å². The average Bonchev–Trinajstić information content (AvgIpc) is 2.47. The van der Waals surface area contributed by atoms with Crippen molar-refractivity contribution in [3.05, 3.63) is 62.9 Å². The number of benzene rings is 2. The van der Waals surface area contributed by atoms with Crippen molar-refractivity contribution in [2.45, 2.75) is 0 Å². The van der Waals surface area contributed by atoms with Crippen LogP contribution in [0.4, 0.5) is 5.69 Å². The third kappa shape index (κ3) is 2.20. The first-order valence-electron chi connectivity index (χ1n) is 6.03. The summed E-state index contributed by atoms with van der Waals surface area (Å²) in [4.78, 5) is 29.0. The molecule has 7 nitrogen and oxygen atoms in total. The number of nitrogens with one attached hydrogen (secondary N) is 1. The van der Waals surface area contributed by atoms with Crippen LogP contribution in [0.15, 0.2) is 47.3 Å². The highest BCUT2D eigenvalue weighted by Gasteiger charge is 2.15. The van der Waals surface area contributed by atoms with E-state index in [4.69, 9.17) is 0 Å². The van der Waals surface area contributed by atoms with Gasteiger partial charge in [0.05, 0.1) is 15.8 Å². The summed E-state index contributed by atoms with van der Waals surface area (Å²) in [6.07, 6.45) is 0. The van der Waals surface area contributed by atoms with E-state index in [2.05, 4.69) is 9.97 Å². The van der Waals surface area contributed by atoms with E-state index in [0.29, 0.717) is 16.5 Å². The van der Waals surface area contributed by atoms with Crippen LogP contribution in [0.1, 0.15) is 0 Å². The zero-order valence-corrected chi connectivity index (χ0v) is 10.6. The molecule has 0 atom stereocenters. The third-order valence-electron chi connectivity index (χ3n) is 3.06. The van der Waals surface area contributed by atoms with Crippen molar-refractivity contribution >= 4 is 16.6 Å². The maximum atomic E-state index is 12.0. The number of rotatable bonds is 2. The molecule has 0 amide bonds. The smallest absolute Gasteiger partial charge is 0.311 e. The molecule has 0 saturated carbocycles. The molecule has 0 aliphatic carbocycles. The van der Waals surface area contributed by atoms with Crippen molar-refractivity contribution in [2.75, 3.05) is 0 Å². The van der Waals surface area contributed by atoms with Gasteiger partial charge in [-0.05, 0) is 24.3 Å². The largest absolute Gasteiger partial charge is 0.502 e. The molecule has 0 saturated heterocycles. The van der Waals surface area contributed by atoms with E-state index in [1.807, 2.05) is 0 Å². The lowest BCUT2D eigenvalue weighted by Gasteiger charge is -2.04. The van der Waals surface area contributed by atoms with E-state index in [-0.39, 0.29) is 11.4 Å². The summed E-state index contributed by atoms with van der Waals surface area (Å²) in [5.74, 6) is -0.228. The second kappa shape index (κ2) is 4.71. The number of para-hydroxylation sites is 1. The van der Waals surface area contributed by atoms with Crippen LogP contribution < -0.4 is 5.56 Å². The number of hydrogen-bond acceptors (Lipinski definition) is 5. The Balaban J connectivity index is 2.23. The second-order valence-electron chi connectivity index (χ2n) is 4.39. The quantitative estimate of drug-likeness (QED) is 0.553. The Morgan fingerprint density at radius 3 is 2.71 bits per heavy atom. The van der Waals surface area contributed by atoms with E-state index in [1.54, 1.807) is 24.3 Å². The van der Waals surface area contributed by atoms with Gasteiger partial charge in [-0.2, -0.15) is 0 Å². The van der Waals surface area contributed by atoms with E-state index < -0.39 is 16.4 Å². The van der Waals surface area contributed by atoms with Gasteiger partial charge in [-0.15, -0.1) is 0 Å². The lowest BCUT2D eigenvalue weighted by Crippen LogP contribution is -2.09. The van der Waals surface area contributed by atoms with Gasteiger partial charge < -0.3 is 10.1 Å². The van der Waals surface area contributed by atoms with E-state index in [9.17, 15) is 20.0 Å². The second-order valence-corrected chi connectivity index (χ2v) is 4.39. The minimum Gasteiger partial charge on any atom is -0.502 e. The van der Waals surface area contributed by atoms with Crippen molar-refractivity contribution in [2.24, 2.45) is 0 Å². The highest BCUT2D eigenvalue weighted by atomic mass is 16.6. The van der Waals surface area contributed by atoms with E-state index in [1.165, 1.54) is 18.2 Å². The van der Waals surface area contributed by atoms with E-state index in [0.717, 1.165) is 0 Å². The molecule has 3 aromatic rings. The van der Waals surface area contributed by atoms with Gasteiger partial charge in [0, 0.05) is 11.6 Å². The number of fused-ring (bicyclic) bond motifs is 1. The molecule has 0 aliphatic rings. The first-order chi connectivity index (χ1) is 10.1. The van der Waals surface area contributed by atoms with Gasteiger partial charge in [-0.25, -0.2) is 4.98 Å². The SMILES string of the molecule is O=c1[nH]c(-c2ccc(O)c([N+](=O)[O-])c2)nc2ccccc12. The van der Waals surface area contributed by atoms with Crippen LogP contribution in [0.3, 0.4) is 0 Å². The van der Waals surface area contributed by atoms with Crippen LogP contribution in [0.25, 0.3) is 22.3 Å². The summed E-state index contributed by atoms with van der Waals surface area (Å²) in [5, 5.41) is 20.7. The minimum absolute atomic E-state index is 0.210. The van der Waals surface area contributed by atoms with Crippen molar-refractivity contribution < 1.29 is 10.0 Å². The predicted octanol–water partition coefficient (Wildman–Crippen LogP) is 2.20. The summed E-state index contributed by atoms with van der Waals surface area (Å²) < 4.78 is 0. The minimum atomic E-state index is -0.696. The Bertz CT molecular complexity index is 917. The van der Waals surface area contributed by atoms with Gasteiger partial charge in [-0.3, -0.25) is 14.9 Å². The molecule has 104 valence electrons. The topological polar surface area (TPSA) is 109 Å². The van der Waals surface area contributed by atoms with Crippen molar-refractivity contribution in [3.63, 3.8) is 0 Å². The molecule has 1 heterocycles. The van der Waals surface area contributed by atoms with Gasteiger partial charge in [0.2, 0.25) is 0 Å². The number of H-pyrrole nitrogens is 1. The molecule has 1 aromatic heterocycles. The monoisotopic (exact) mass is 283 g/mol. The van der Waals surface area contributed by atoms with Crippen LogP contribution in [0.2, 0.25) is 0 Å². The Morgan fingerprint density at radius 1 is 1.19 bits per heavy atom. The van der Waals surface area contributed by atoms with Crippen LogP contribution in [0.5, 0.6) is 5.75 Å². The third-order valence-corrected chi connectivity index (χ3v) is 3.06. The highest BCUT2D eigenvalue weighted by molar-refractivity contribution is 5.79. The Kier molecular flexibility index (Phi) is 2.87. The fourth-order valence-electron chi connectivity index (χ4n) is 2.04. The van der Waals surface area contributed by atoms with Crippen LogP contribution >= 0.6 is 0 Å². The molecule has 7 heteroatoms. The number of aromatic hydroxyl groups is 1. The molecule has 3 rings (SSSR count). The molecular weight excluding hydrogens is 274 g/mol. The molecule has 0 aliphatic heterocycles. The summed E-state index contributed by atoms with van der Waals surface area (Å²) in [6, 6.07) is 10.6. The summed E-state index contributed by atoms with van der Waals surface area (Å²) in [6.45, 7) is 0. The number of nitrogens with zero attached hydrogens (tertiary/aromatic N) is 2. The Morgan fingerprint density at radius 2 is 1.95 bits per heavy atom. The number of nitro benzene ring substituents is 1. The molecule has 21 heavy (non-hydrogen) atoms. The van der Waals surface area contributed by atoms with Crippen LogP contribution in [-0.4, -0.2) is 20.0 Å². The van der Waals surface area contributed by atoms with Crippen LogP contribution in [0, 0.1) is 10.1 Å². The predicted molar refractivity (Wildman–Crippen MR) is 76.1 cm³/mol. The van der Waals surface area contributed by atoms with Crippen molar-refractivity contribution in [1.29, 1.82) is 0 Å². The summed E-state index contributed by atoms with van der Waals surface area (Å²) in [5.41, 5.74) is 0.0731. The fourth-order valence-corrected chi connectivity index (χ4v) is 2.04. The fraction of sp³-hybridized carbons (Fsp3) is 0. The lowest BCUT2D eigenvalue weighted by molar-refractivity contribution is -0.385. The molecule has 0 unspecified atom stereocenters. The molecule has 0 spiro atoms. The average molecular weight is 283 g/mol. The lowest BCUT2D eigenvalue weighted by atomic mass is 10.1. The number of phenolic OH excluding ortho intramolecular Hbond substituents is 1. The molecule has 2 aromatic carbocycles. The number of aromatic amines is 1.